The minimum atomic E-state index is 0. The van der Waals surface area contributed by atoms with Crippen molar-refractivity contribution >= 4 is 22.1 Å². The number of nitroso groups, excluding NO2 is 1. The molecule has 0 spiro atoms. The maximum absolute atomic E-state index is 10.6. The van der Waals surface area contributed by atoms with Gasteiger partial charge < -0.3 is 6.15 Å². The van der Waals surface area contributed by atoms with E-state index in [-0.39, 0.29) is 11.8 Å². The van der Waals surface area contributed by atoms with Crippen LogP contribution in [0.1, 0.15) is 0 Å². The molecule has 0 amide bonds. The van der Waals surface area contributed by atoms with Crippen molar-refractivity contribution in [2.75, 3.05) is 5.48 Å². The molecular formula is C10H11N3O2. The van der Waals surface area contributed by atoms with E-state index < -0.39 is 0 Å². The number of benzene rings is 2. The zero-order valence-electron chi connectivity index (χ0n) is 7.97. The zero-order chi connectivity index (χ0) is 9.97. The first-order valence-electron chi connectivity index (χ1n) is 4.12. The third-order valence-corrected chi connectivity index (χ3v) is 2.11. The predicted octanol–water partition coefficient (Wildman–Crippen LogP) is 3.20. The number of fused-ring (bicyclic) bond motifs is 1. The lowest BCUT2D eigenvalue weighted by Crippen LogP contribution is -1.89. The van der Waals surface area contributed by atoms with E-state index in [4.69, 9.17) is 5.21 Å². The molecule has 0 saturated heterocycles. The molecule has 5 N–H and O–H groups in total. The van der Waals surface area contributed by atoms with Gasteiger partial charge in [0.2, 0.25) is 0 Å². The van der Waals surface area contributed by atoms with Crippen molar-refractivity contribution in [1.29, 1.82) is 0 Å². The highest BCUT2D eigenvalue weighted by Crippen LogP contribution is 2.33. The van der Waals surface area contributed by atoms with Crippen LogP contribution in [0.25, 0.3) is 10.8 Å². The summed E-state index contributed by atoms with van der Waals surface area (Å²) >= 11 is 0. The molecular weight excluding hydrogens is 194 g/mol. The summed E-state index contributed by atoms with van der Waals surface area (Å²) in [5.74, 6) is 0. The highest BCUT2D eigenvalue weighted by molar-refractivity contribution is 5.98. The summed E-state index contributed by atoms with van der Waals surface area (Å²) in [6.07, 6.45) is 0. The monoisotopic (exact) mass is 205 g/mol. The molecule has 5 nitrogen and oxygen atoms in total. The van der Waals surface area contributed by atoms with Crippen LogP contribution in [0.2, 0.25) is 0 Å². The molecule has 0 unspecified atom stereocenters. The van der Waals surface area contributed by atoms with E-state index in [9.17, 15) is 4.91 Å². The van der Waals surface area contributed by atoms with Gasteiger partial charge in [-0.1, -0.05) is 30.3 Å². The summed E-state index contributed by atoms with van der Waals surface area (Å²) in [6.45, 7) is 0. The largest absolute Gasteiger partial charge is 0.344 e. The zero-order valence-corrected chi connectivity index (χ0v) is 7.97. The summed E-state index contributed by atoms with van der Waals surface area (Å²) in [6, 6.07) is 10.8. The number of nitrogens with one attached hydrogen (secondary N) is 1. The topological polar surface area (TPSA) is 96.7 Å². The molecule has 0 fully saturated rings. The van der Waals surface area contributed by atoms with Gasteiger partial charge in [-0.15, -0.1) is 4.91 Å². The molecule has 0 aliphatic carbocycles. The molecule has 0 atom stereocenters. The summed E-state index contributed by atoms with van der Waals surface area (Å²) in [5, 5.41) is 13.3. The first-order valence-corrected chi connectivity index (χ1v) is 4.12. The number of hydrogen-bond donors (Lipinski definition) is 3. The lowest BCUT2D eigenvalue weighted by molar-refractivity contribution is 0.389. The predicted molar refractivity (Wildman–Crippen MR) is 59.8 cm³/mol. The fraction of sp³-hybridized carbons (Fsp3) is 0. The van der Waals surface area contributed by atoms with Crippen LogP contribution in [0.15, 0.2) is 41.6 Å². The molecule has 0 heterocycles. The number of rotatable bonds is 2. The van der Waals surface area contributed by atoms with Crippen molar-refractivity contribution in [2.24, 2.45) is 5.18 Å². The molecule has 0 aliphatic heterocycles. The third kappa shape index (κ3) is 1.78. The minimum absolute atomic E-state index is 0. The van der Waals surface area contributed by atoms with Crippen molar-refractivity contribution < 1.29 is 5.21 Å². The highest BCUT2D eigenvalue weighted by atomic mass is 16.5. The van der Waals surface area contributed by atoms with Gasteiger partial charge in [-0.3, -0.25) is 10.7 Å². The molecule has 0 bridgehead atoms. The van der Waals surface area contributed by atoms with E-state index in [1.54, 1.807) is 12.1 Å². The summed E-state index contributed by atoms with van der Waals surface area (Å²) in [5.41, 5.74) is 2.49. The van der Waals surface area contributed by atoms with Gasteiger partial charge in [0.05, 0.1) is 5.69 Å². The van der Waals surface area contributed by atoms with Gasteiger partial charge in [-0.05, 0) is 16.6 Å². The lowest BCUT2D eigenvalue weighted by atomic mass is 10.1. The number of hydrogen-bond acceptors (Lipinski definition) is 5. The van der Waals surface area contributed by atoms with E-state index >= 15 is 0 Å². The Morgan fingerprint density at radius 3 is 2.53 bits per heavy atom. The van der Waals surface area contributed by atoms with Crippen LogP contribution in [0, 0.1) is 4.91 Å². The average molecular weight is 205 g/mol. The van der Waals surface area contributed by atoms with Crippen LogP contribution in [-0.4, -0.2) is 5.21 Å². The molecule has 78 valence electrons. The second kappa shape index (κ2) is 4.50. The lowest BCUT2D eigenvalue weighted by Gasteiger charge is -2.04. The average Bonchev–Trinajstić information content (AvgIpc) is 2.27. The fourth-order valence-electron chi connectivity index (χ4n) is 1.44. The van der Waals surface area contributed by atoms with Crippen LogP contribution in [0.4, 0.5) is 11.4 Å². The van der Waals surface area contributed by atoms with Crippen LogP contribution in [0.3, 0.4) is 0 Å². The second-order valence-electron chi connectivity index (χ2n) is 2.89. The Bertz CT molecular complexity index is 485. The molecule has 15 heavy (non-hydrogen) atoms. The van der Waals surface area contributed by atoms with Gasteiger partial charge in [0.1, 0.15) is 5.69 Å². The molecule has 0 radical (unpaired) electrons. The number of anilines is 1. The minimum Gasteiger partial charge on any atom is -0.344 e. The number of nitrogens with zero attached hydrogens (tertiary/aromatic N) is 1. The standard InChI is InChI=1S/C10H8N2O2.H3N/c13-11-9-6-5-7-3-1-2-4-8(7)10(9)12-14;/h1-6,11,13H;1H3. The van der Waals surface area contributed by atoms with Crippen molar-refractivity contribution in [3.8, 4) is 0 Å². The van der Waals surface area contributed by atoms with Crippen molar-refractivity contribution in [3.05, 3.63) is 41.3 Å². The van der Waals surface area contributed by atoms with Crippen molar-refractivity contribution in [3.63, 3.8) is 0 Å². The molecule has 5 heteroatoms. The molecule has 2 rings (SSSR count). The normalized spacial score (nSPS) is 9.40. The Balaban J connectivity index is 0.00000112. The Morgan fingerprint density at radius 1 is 1.13 bits per heavy atom. The maximum atomic E-state index is 10.6. The van der Waals surface area contributed by atoms with Crippen molar-refractivity contribution in [1.82, 2.24) is 6.15 Å². The first kappa shape index (κ1) is 11.1. The SMILES string of the molecule is N.O=Nc1c(NO)ccc2ccccc12. The quantitative estimate of drug-likeness (QED) is 0.518. The maximum Gasteiger partial charge on any atom is 0.141 e. The van der Waals surface area contributed by atoms with Gasteiger partial charge in [-0.2, -0.15) is 0 Å². The Hall–Kier alpha value is -1.98. The first-order chi connectivity index (χ1) is 6.86. The van der Waals surface area contributed by atoms with Gasteiger partial charge in [-0.25, -0.2) is 0 Å². The van der Waals surface area contributed by atoms with Gasteiger partial charge in [0, 0.05) is 5.39 Å². The fourth-order valence-corrected chi connectivity index (χ4v) is 1.44. The van der Waals surface area contributed by atoms with E-state index in [0.717, 1.165) is 10.8 Å². The van der Waals surface area contributed by atoms with E-state index in [2.05, 4.69) is 5.18 Å². The molecule has 0 aliphatic rings. The Morgan fingerprint density at radius 2 is 1.87 bits per heavy atom. The van der Waals surface area contributed by atoms with Crippen LogP contribution in [0.5, 0.6) is 0 Å². The van der Waals surface area contributed by atoms with Crippen LogP contribution < -0.4 is 11.6 Å². The van der Waals surface area contributed by atoms with Crippen LogP contribution >= 0.6 is 0 Å². The molecule has 0 saturated carbocycles. The van der Waals surface area contributed by atoms with E-state index in [1.807, 2.05) is 29.7 Å². The van der Waals surface area contributed by atoms with E-state index in [0.29, 0.717) is 5.69 Å². The van der Waals surface area contributed by atoms with E-state index in [1.165, 1.54) is 0 Å². The molecule has 2 aromatic rings. The summed E-state index contributed by atoms with van der Waals surface area (Å²) < 4.78 is 0. The summed E-state index contributed by atoms with van der Waals surface area (Å²) in [7, 11) is 0. The third-order valence-electron chi connectivity index (χ3n) is 2.11. The van der Waals surface area contributed by atoms with Gasteiger partial charge >= 0.3 is 0 Å². The molecule has 0 aromatic heterocycles. The second-order valence-corrected chi connectivity index (χ2v) is 2.89. The van der Waals surface area contributed by atoms with Crippen molar-refractivity contribution in [2.45, 2.75) is 0 Å². The van der Waals surface area contributed by atoms with Crippen LogP contribution in [-0.2, 0) is 0 Å². The highest BCUT2D eigenvalue weighted by Gasteiger charge is 2.06. The van der Waals surface area contributed by atoms with Gasteiger partial charge in [0.25, 0.3) is 0 Å². The summed E-state index contributed by atoms with van der Waals surface area (Å²) in [4.78, 5) is 10.6. The Kier molecular flexibility index (Phi) is 3.33. The molecule has 2 aromatic carbocycles. The smallest absolute Gasteiger partial charge is 0.141 e. The van der Waals surface area contributed by atoms with Gasteiger partial charge in [0.15, 0.2) is 0 Å². The Labute approximate surface area is 86.2 Å².